The first-order valence-corrected chi connectivity index (χ1v) is 7.09. The van der Waals surface area contributed by atoms with Gasteiger partial charge in [0.15, 0.2) is 5.82 Å². The minimum atomic E-state index is -0.816. The summed E-state index contributed by atoms with van der Waals surface area (Å²) in [4.78, 5) is 4.20. The second-order valence-electron chi connectivity index (χ2n) is 4.81. The van der Waals surface area contributed by atoms with Gasteiger partial charge in [-0.2, -0.15) is 5.10 Å². The molecule has 112 valence electrons. The van der Waals surface area contributed by atoms with Gasteiger partial charge in [-0.25, -0.2) is 14.1 Å². The molecule has 0 bridgehead atoms. The minimum Gasteiger partial charge on any atom is -0.386 e. The van der Waals surface area contributed by atoms with Crippen molar-refractivity contribution in [2.45, 2.75) is 12.6 Å². The second kappa shape index (κ2) is 6.25. The first-order chi connectivity index (χ1) is 10.6. The molecule has 2 aromatic carbocycles. The van der Waals surface area contributed by atoms with E-state index in [2.05, 4.69) is 10.1 Å². The monoisotopic (exact) mass is 317 g/mol. The van der Waals surface area contributed by atoms with Crippen LogP contribution in [-0.4, -0.2) is 19.9 Å². The Labute approximate surface area is 131 Å². The van der Waals surface area contributed by atoms with Crippen molar-refractivity contribution >= 4 is 11.6 Å². The van der Waals surface area contributed by atoms with Gasteiger partial charge in [0.1, 0.15) is 12.1 Å². The van der Waals surface area contributed by atoms with Gasteiger partial charge >= 0.3 is 0 Å². The highest BCUT2D eigenvalue weighted by Crippen LogP contribution is 2.26. The molecule has 1 N–H and O–H groups in total. The summed E-state index contributed by atoms with van der Waals surface area (Å²) >= 11 is 6.17. The summed E-state index contributed by atoms with van der Waals surface area (Å²) < 4.78 is 14.5. The van der Waals surface area contributed by atoms with Crippen LogP contribution in [0.1, 0.15) is 11.7 Å². The van der Waals surface area contributed by atoms with Crippen LogP contribution in [0.4, 0.5) is 4.39 Å². The zero-order valence-corrected chi connectivity index (χ0v) is 12.3. The summed E-state index contributed by atoms with van der Waals surface area (Å²) in [5.74, 6) is 0.236. The molecular formula is C16H13ClFN3O. The zero-order valence-electron chi connectivity index (χ0n) is 11.5. The van der Waals surface area contributed by atoms with Crippen molar-refractivity contribution in [2.75, 3.05) is 0 Å². The van der Waals surface area contributed by atoms with Gasteiger partial charge in [-0.1, -0.05) is 35.9 Å². The Morgan fingerprint density at radius 2 is 1.86 bits per heavy atom. The maximum Gasteiger partial charge on any atom is 0.159 e. The van der Waals surface area contributed by atoms with Crippen LogP contribution in [0, 0.1) is 5.82 Å². The van der Waals surface area contributed by atoms with E-state index in [0.717, 1.165) is 5.56 Å². The van der Waals surface area contributed by atoms with Crippen LogP contribution in [0.25, 0.3) is 11.4 Å². The summed E-state index contributed by atoms with van der Waals surface area (Å²) in [5, 5.41) is 15.0. The molecule has 3 rings (SSSR count). The van der Waals surface area contributed by atoms with Crippen LogP contribution < -0.4 is 0 Å². The Hall–Kier alpha value is -2.24. The molecule has 1 unspecified atom stereocenters. The number of hydrogen-bond donors (Lipinski definition) is 1. The number of nitrogens with zero attached hydrogens (tertiary/aromatic N) is 3. The number of benzene rings is 2. The largest absolute Gasteiger partial charge is 0.386 e. The molecule has 1 aromatic heterocycles. The summed E-state index contributed by atoms with van der Waals surface area (Å²) in [7, 11) is 0. The molecule has 0 amide bonds. The molecule has 6 heteroatoms. The van der Waals surface area contributed by atoms with Gasteiger partial charge in [0.05, 0.1) is 17.7 Å². The van der Waals surface area contributed by atoms with Crippen LogP contribution in [0.5, 0.6) is 0 Å². The molecule has 0 aliphatic heterocycles. The molecule has 4 nitrogen and oxygen atoms in total. The summed E-state index contributed by atoms with van der Waals surface area (Å²) in [6.07, 6.45) is 0.597. The van der Waals surface area contributed by atoms with E-state index in [-0.39, 0.29) is 12.4 Å². The molecule has 0 aliphatic rings. The van der Waals surface area contributed by atoms with Crippen LogP contribution in [-0.2, 0) is 6.54 Å². The van der Waals surface area contributed by atoms with Gasteiger partial charge in [-0.3, -0.25) is 0 Å². The summed E-state index contributed by atoms with van der Waals surface area (Å²) in [5.41, 5.74) is 1.36. The molecule has 1 heterocycles. The van der Waals surface area contributed by atoms with Gasteiger partial charge in [0.25, 0.3) is 0 Å². The molecular weight excluding hydrogens is 305 g/mol. The number of rotatable bonds is 4. The first-order valence-electron chi connectivity index (χ1n) is 6.71. The number of aliphatic hydroxyl groups excluding tert-OH is 1. The second-order valence-corrected chi connectivity index (χ2v) is 5.22. The highest BCUT2D eigenvalue weighted by molar-refractivity contribution is 6.33. The third-order valence-corrected chi connectivity index (χ3v) is 3.66. The number of aromatic nitrogens is 3. The van der Waals surface area contributed by atoms with E-state index in [9.17, 15) is 9.50 Å². The predicted octanol–water partition coefficient (Wildman–Crippen LogP) is 3.47. The Kier molecular flexibility index (Phi) is 4.18. The molecule has 0 aliphatic carbocycles. The van der Waals surface area contributed by atoms with Crippen molar-refractivity contribution in [1.82, 2.24) is 14.8 Å². The van der Waals surface area contributed by atoms with Gasteiger partial charge in [-0.15, -0.1) is 0 Å². The minimum absolute atomic E-state index is 0.201. The standard InChI is InChI=1S/C16H13ClFN3O/c17-14-4-2-1-3-13(14)16-19-10-20-21(16)9-15(22)11-5-7-12(18)8-6-11/h1-8,10,15,22H,9H2. The van der Waals surface area contributed by atoms with Crippen molar-refractivity contribution in [3.05, 3.63) is 71.3 Å². The lowest BCUT2D eigenvalue weighted by Gasteiger charge is -2.13. The first kappa shape index (κ1) is 14.7. The SMILES string of the molecule is OC(Cn1ncnc1-c1ccccc1Cl)c1ccc(F)cc1. The van der Waals surface area contributed by atoms with E-state index < -0.39 is 6.10 Å². The Morgan fingerprint density at radius 3 is 2.59 bits per heavy atom. The van der Waals surface area contributed by atoms with Gasteiger partial charge in [0.2, 0.25) is 0 Å². The highest BCUT2D eigenvalue weighted by Gasteiger charge is 2.15. The number of halogens is 2. The van der Waals surface area contributed by atoms with E-state index in [1.54, 1.807) is 22.9 Å². The molecule has 3 aromatic rings. The molecule has 0 radical (unpaired) electrons. The Bertz CT molecular complexity index is 773. The normalized spacial score (nSPS) is 12.3. The van der Waals surface area contributed by atoms with E-state index in [1.165, 1.54) is 18.5 Å². The smallest absolute Gasteiger partial charge is 0.159 e. The van der Waals surface area contributed by atoms with Crippen molar-refractivity contribution in [3.63, 3.8) is 0 Å². The van der Waals surface area contributed by atoms with Crippen LogP contribution in [0.3, 0.4) is 0 Å². The zero-order chi connectivity index (χ0) is 15.5. The fraction of sp³-hybridized carbons (Fsp3) is 0.125. The van der Waals surface area contributed by atoms with Crippen LogP contribution in [0.15, 0.2) is 54.9 Å². The number of hydrogen-bond acceptors (Lipinski definition) is 3. The van der Waals surface area contributed by atoms with Crippen molar-refractivity contribution < 1.29 is 9.50 Å². The van der Waals surface area contributed by atoms with Gasteiger partial charge < -0.3 is 5.11 Å². The summed E-state index contributed by atoms with van der Waals surface area (Å²) in [6.45, 7) is 0.201. The lowest BCUT2D eigenvalue weighted by molar-refractivity contribution is 0.152. The van der Waals surface area contributed by atoms with Crippen molar-refractivity contribution in [2.24, 2.45) is 0 Å². The van der Waals surface area contributed by atoms with Gasteiger partial charge in [0, 0.05) is 5.56 Å². The Balaban J connectivity index is 1.87. The average Bonchev–Trinajstić information content (AvgIpc) is 2.96. The van der Waals surface area contributed by atoms with Crippen LogP contribution in [0.2, 0.25) is 5.02 Å². The fourth-order valence-electron chi connectivity index (χ4n) is 2.20. The maximum atomic E-state index is 12.9. The Morgan fingerprint density at radius 1 is 1.14 bits per heavy atom. The van der Waals surface area contributed by atoms with E-state index >= 15 is 0 Å². The topological polar surface area (TPSA) is 50.9 Å². The third-order valence-electron chi connectivity index (χ3n) is 3.33. The molecule has 0 spiro atoms. The fourth-order valence-corrected chi connectivity index (χ4v) is 2.42. The van der Waals surface area contributed by atoms with Crippen molar-refractivity contribution in [1.29, 1.82) is 0 Å². The molecule has 1 atom stereocenters. The van der Waals surface area contributed by atoms with Crippen LogP contribution >= 0.6 is 11.6 Å². The molecule has 0 fully saturated rings. The molecule has 0 saturated carbocycles. The van der Waals surface area contributed by atoms with E-state index in [4.69, 9.17) is 11.6 Å². The van der Waals surface area contributed by atoms with Crippen molar-refractivity contribution in [3.8, 4) is 11.4 Å². The maximum absolute atomic E-state index is 12.9. The lowest BCUT2D eigenvalue weighted by Crippen LogP contribution is -2.11. The van der Waals surface area contributed by atoms with E-state index in [0.29, 0.717) is 16.4 Å². The lowest BCUT2D eigenvalue weighted by atomic mass is 10.1. The van der Waals surface area contributed by atoms with E-state index in [1.807, 2.05) is 18.2 Å². The molecule has 0 saturated heterocycles. The molecule has 22 heavy (non-hydrogen) atoms. The van der Waals surface area contributed by atoms with Gasteiger partial charge in [-0.05, 0) is 29.8 Å². The number of aliphatic hydroxyl groups is 1. The average molecular weight is 318 g/mol. The third kappa shape index (κ3) is 3.00. The highest BCUT2D eigenvalue weighted by atomic mass is 35.5. The quantitative estimate of drug-likeness (QED) is 0.801. The summed E-state index contributed by atoms with van der Waals surface area (Å²) in [6, 6.07) is 13.0. The predicted molar refractivity (Wildman–Crippen MR) is 81.8 cm³/mol.